The number of aromatic nitrogens is 1. The summed E-state index contributed by atoms with van der Waals surface area (Å²) < 4.78 is 13.4. The average Bonchev–Trinajstić information content (AvgIpc) is 3.09. The third-order valence-corrected chi connectivity index (χ3v) is 11.7. The Balaban J connectivity index is 1.88. The molecule has 1 fully saturated rings. The van der Waals surface area contributed by atoms with Gasteiger partial charge in [0.1, 0.15) is 5.60 Å². The molecule has 178 valence electrons. The zero-order chi connectivity index (χ0) is 23.9. The number of thiophene rings is 1. The van der Waals surface area contributed by atoms with Crippen LogP contribution in [-0.2, 0) is 9.16 Å². The van der Waals surface area contributed by atoms with Gasteiger partial charge in [-0.2, -0.15) is 0 Å². The number of ether oxygens (including phenoxy) is 1. The van der Waals surface area contributed by atoms with Crippen LogP contribution in [0.5, 0.6) is 0 Å². The second-order valence-electron chi connectivity index (χ2n) is 11.1. The van der Waals surface area contributed by atoms with Crippen molar-refractivity contribution in [2.75, 3.05) is 23.7 Å². The van der Waals surface area contributed by atoms with Crippen LogP contribution in [0.25, 0.3) is 10.2 Å². The van der Waals surface area contributed by atoms with E-state index in [1.807, 2.05) is 32.2 Å². The Morgan fingerprint density at radius 1 is 1.28 bits per heavy atom. The minimum absolute atomic E-state index is 0.0819. The molecule has 3 rings (SSSR count). The van der Waals surface area contributed by atoms with Crippen molar-refractivity contribution >= 4 is 47.3 Å². The summed E-state index contributed by atoms with van der Waals surface area (Å²) in [5.41, 5.74) is 8.39. The van der Waals surface area contributed by atoms with E-state index < -0.39 is 20.0 Å². The van der Waals surface area contributed by atoms with Crippen LogP contribution in [-0.4, -0.2) is 50.2 Å². The highest BCUT2D eigenvalue weighted by molar-refractivity contribution is 7.17. The van der Waals surface area contributed by atoms with Gasteiger partial charge in [0.25, 0.3) is 0 Å². The molecule has 0 saturated carbocycles. The Kier molecular flexibility index (Phi) is 6.84. The minimum atomic E-state index is -2.02. The number of hydrogen-bond acceptors (Lipinski definition) is 7. The molecule has 1 aliphatic heterocycles. The number of amides is 1. The molecule has 2 aromatic heterocycles. The molecule has 1 aliphatic rings. The van der Waals surface area contributed by atoms with Crippen molar-refractivity contribution in [3.8, 4) is 0 Å². The molecule has 0 radical (unpaired) electrons. The van der Waals surface area contributed by atoms with Crippen molar-refractivity contribution in [3.63, 3.8) is 0 Å². The largest absolute Gasteiger partial charge is 0.444 e. The van der Waals surface area contributed by atoms with E-state index in [0.29, 0.717) is 12.2 Å². The predicted molar refractivity (Wildman–Crippen MR) is 136 cm³/mol. The zero-order valence-corrected chi connectivity index (χ0v) is 22.4. The van der Waals surface area contributed by atoms with E-state index in [9.17, 15) is 4.79 Å². The number of nitrogens with two attached hydrogens (primary N) is 1. The summed E-state index contributed by atoms with van der Waals surface area (Å²) in [6.45, 7) is 18.2. The lowest BCUT2D eigenvalue weighted by molar-refractivity contribution is 0.0414. The Labute approximate surface area is 196 Å². The van der Waals surface area contributed by atoms with Gasteiger partial charge >= 0.3 is 6.09 Å². The number of anilines is 2. The fourth-order valence-corrected chi connectivity index (χ4v) is 5.99. The molecule has 0 bridgehead atoms. The van der Waals surface area contributed by atoms with Crippen LogP contribution >= 0.6 is 11.3 Å². The first-order valence-electron chi connectivity index (χ1n) is 11.2. The van der Waals surface area contributed by atoms with Gasteiger partial charge in [-0.3, -0.25) is 4.98 Å². The molecule has 0 aliphatic carbocycles. The van der Waals surface area contributed by atoms with Crippen molar-refractivity contribution in [1.82, 2.24) is 10.3 Å². The number of carbonyl (C=O) groups excluding carboxylic acids is 1. The molecule has 0 spiro atoms. The van der Waals surface area contributed by atoms with Gasteiger partial charge in [-0.05, 0) is 56.8 Å². The molecule has 3 N–H and O–H groups in total. The number of alkyl carbamates (subject to hydrolysis) is 1. The summed E-state index contributed by atoms with van der Waals surface area (Å²) in [7, 11) is -2.02. The third kappa shape index (κ3) is 5.55. The predicted octanol–water partition coefficient (Wildman–Crippen LogP) is 5.37. The molecule has 2 atom stereocenters. The van der Waals surface area contributed by atoms with Gasteiger partial charge in [0.2, 0.25) is 0 Å². The van der Waals surface area contributed by atoms with E-state index in [2.05, 4.69) is 49.1 Å². The molecular weight excluding hydrogens is 440 g/mol. The lowest BCUT2D eigenvalue weighted by Crippen LogP contribution is -2.59. The summed E-state index contributed by atoms with van der Waals surface area (Å²) in [4.78, 5) is 19.4. The van der Waals surface area contributed by atoms with Crippen molar-refractivity contribution in [1.29, 1.82) is 0 Å². The van der Waals surface area contributed by atoms with Crippen molar-refractivity contribution in [2.24, 2.45) is 0 Å². The fraction of sp³-hybridized carbons (Fsp3) is 0.652. The Morgan fingerprint density at radius 2 is 1.97 bits per heavy atom. The quantitative estimate of drug-likeness (QED) is 0.574. The molecule has 32 heavy (non-hydrogen) atoms. The number of nitrogens with one attached hydrogen (secondary N) is 1. The van der Waals surface area contributed by atoms with Gasteiger partial charge in [-0.25, -0.2) is 4.79 Å². The van der Waals surface area contributed by atoms with Gasteiger partial charge in [0.05, 0.1) is 39.9 Å². The topological polar surface area (TPSA) is 89.7 Å². The summed E-state index contributed by atoms with van der Waals surface area (Å²) in [6.07, 6.45) is 2.01. The molecule has 1 saturated heterocycles. The first-order valence-corrected chi connectivity index (χ1v) is 15.0. The van der Waals surface area contributed by atoms with Gasteiger partial charge < -0.3 is 25.1 Å². The molecule has 0 aromatic carbocycles. The molecule has 9 heteroatoms. The summed E-state index contributed by atoms with van der Waals surface area (Å²) >= 11 is 1.64. The molecule has 7 nitrogen and oxygen atoms in total. The number of nitrogen functional groups attached to an aromatic ring is 1. The molecular formula is C23H38N4O3SSi. The van der Waals surface area contributed by atoms with Crippen LogP contribution in [0.1, 0.15) is 48.0 Å². The van der Waals surface area contributed by atoms with E-state index in [4.69, 9.17) is 14.9 Å². The number of hydrogen-bond donors (Lipinski definition) is 2. The van der Waals surface area contributed by atoms with Crippen LogP contribution in [0.3, 0.4) is 0 Å². The number of carbonyl (C=O) groups is 1. The molecule has 3 heterocycles. The lowest BCUT2D eigenvalue weighted by atomic mass is 10.0. The van der Waals surface area contributed by atoms with Gasteiger partial charge in [0, 0.05) is 13.1 Å². The molecule has 1 amide bonds. The number of fused-ring (bicyclic) bond motifs is 1. The minimum Gasteiger partial charge on any atom is -0.444 e. The Hall–Kier alpha value is -1.84. The zero-order valence-electron chi connectivity index (χ0n) is 20.6. The lowest BCUT2D eigenvalue weighted by Gasteiger charge is -2.46. The number of piperidine rings is 1. The van der Waals surface area contributed by atoms with Crippen molar-refractivity contribution in [3.05, 3.63) is 17.6 Å². The van der Waals surface area contributed by atoms with Crippen LogP contribution < -0.4 is 16.0 Å². The average molecular weight is 479 g/mol. The summed E-state index contributed by atoms with van der Waals surface area (Å²) in [6, 6.07) is 1.79. The molecule has 0 unspecified atom stereocenters. The van der Waals surface area contributed by atoms with E-state index in [1.165, 1.54) is 0 Å². The van der Waals surface area contributed by atoms with E-state index in [-0.39, 0.29) is 17.2 Å². The van der Waals surface area contributed by atoms with Crippen LogP contribution in [0, 0.1) is 0 Å². The van der Waals surface area contributed by atoms with Crippen LogP contribution in [0.15, 0.2) is 17.6 Å². The second kappa shape index (κ2) is 8.83. The smallest absolute Gasteiger partial charge is 0.408 e. The SMILES string of the molecule is CC(C)(C)OC(=O)N[C@@H]1CN(c2c(N)cnc3ccsc23)CC[C@H]1O[Si](C)(C)C(C)(C)C. The maximum Gasteiger partial charge on any atom is 0.408 e. The highest BCUT2D eigenvalue weighted by atomic mass is 32.1. The third-order valence-electron chi connectivity index (χ3n) is 6.30. The number of pyridine rings is 1. The van der Waals surface area contributed by atoms with Crippen molar-refractivity contribution < 1.29 is 14.0 Å². The van der Waals surface area contributed by atoms with Crippen LogP contribution in [0.4, 0.5) is 16.2 Å². The van der Waals surface area contributed by atoms with Crippen molar-refractivity contribution in [2.45, 2.75) is 83.8 Å². The van der Waals surface area contributed by atoms with Gasteiger partial charge in [-0.1, -0.05) is 20.8 Å². The first-order chi connectivity index (χ1) is 14.7. The summed E-state index contributed by atoms with van der Waals surface area (Å²) in [5, 5.41) is 5.22. The first kappa shape index (κ1) is 24.8. The van der Waals surface area contributed by atoms with Gasteiger partial charge in [-0.15, -0.1) is 11.3 Å². The Bertz CT molecular complexity index is 964. The van der Waals surface area contributed by atoms with E-state index in [0.717, 1.165) is 28.9 Å². The normalized spacial score (nSPS) is 20.4. The highest BCUT2D eigenvalue weighted by Gasteiger charge is 2.43. The van der Waals surface area contributed by atoms with E-state index >= 15 is 0 Å². The maximum absolute atomic E-state index is 12.7. The number of rotatable bonds is 4. The van der Waals surface area contributed by atoms with E-state index in [1.54, 1.807) is 17.5 Å². The second-order valence-corrected chi connectivity index (χ2v) is 16.8. The van der Waals surface area contributed by atoms with Gasteiger partial charge in [0.15, 0.2) is 8.32 Å². The fourth-order valence-electron chi connectivity index (χ4n) is 3.67. The number of nitrogens with zero attached hydrogens (tertiary/aromatic N) is 2. The molecule has 2 aromatic rings. The monoisotopic (exact) mass is 478 g/mol. The summed E-state index contributed by atoms with van der Waals surface area (Å²) in [5.74, 6) is 0. The Morgan fingerprint density at radius 3 is 2.59 bits per heavy atom. The standard InChI is InChI=1S/C23H38N4O3SSi/c1-22(2,3)29-21(28)26-17-14-27(11-9-18(17)30-32(7,8)23(4,5)6)19-15(24)13-25-16-10-12-31-20(16)19/h10,12-13,17-18H,9,11,14,24H2,1-8H3,(H,26,28)/t17-,18-/m1/s1. The maximum atomic E-state index is 12.7. The highest BCUT2D eigenvalue weighted by Crippen LogP contribution is 2.40. The van der Waals surface area contributed by atoms with Crippen LogP contribution in [0.2, 0.25) is 18.1 Å².